The normalized spacial score (nSPS) is 11.7. The lowest BCUT2D eigenvalue weighted by molar-refractivity contribution is -0.135. The summed E-state index contributed by atoms with van der Waals surface area (Å²) in [4.78, 5) is 42.1. The molecule has 3 aromatic carbocycles. The minimum absolute atomic E-state index is 0.267. The van der Waals surface area contributed by atoms with Crippen molar-refractivity contribution in [3.63, 3.8) is 0 Å². The van der Waals surface area contributed by atoms with Crippen LogP contribution in [0.25, 0.3) is 0 Å². The van der Waals surface area contributed by atoms with Crippen molar-refractivity contribution in [1.29, 1.82) is 0 Å². The second-order valence-corrected chi connectivity index (χ2v) is 11.8. The number of hydrogen-bond donors (Lipinski definition) is 2. The van der Waals surface area contributed by atoms with Crippen LogP contribution in [-0.4, -0.2) is 65.4 Å². The van der Waals surface area contributed by atoms with Crippen LogP contribution in [0.15, 0.2) is 78.9 Å². The van der Waals surface area contributed by atoms with Crippen LogP contribution in [0.1, 0.15) is 56.7 Å². The number of unbranched alkanes of at least 4 members (excludes halogenated alkanes) is 1. The molecule has 242 valence electrons. The predicted octanol–water partition coefficient (Wildman–Crippen LogP) is 6.48. The summed E-state index contributed by atoms with van der Waals surface area (Å²) in [5, 5.41) is 12.5. The van der Waals surface area contributed by atoms with Gasteiger partial charge in [-0.05, 0) is 81.0 Å². The lowest BCUT2D eigenvalue weighted by Gasteiger charge is -2.29. The topological polar surface area (TPSA) is 118 Å². The number of amides is 3. The summed E-state index contributed by atoms with van der Waals surface area (Å²) < 4.78 is 16.3. The lowest BCUT2D eigenvalue weighted by atomic mass is 10.1. The highest BCUT2D eigenvalue weighted by Crippen LogP contribution is 2.20. The van der Waals surface area contributed by atoms with Gasteiger partial charge in [0.15, 0.2) is 0 Å². The first-order valence-corrected chi connectivity index (χ1v) is 15.0. The van der Waals surface area contributed by atoms with Gasteiger partial charge in [0.1, 0.15) is 23.1 Å². The number of methoxy groups -OCH3 is 2. The molecule has 0 aliphatic heterocycles. The molecule has 0 spiro atoms. The van der Waals surface area contributed by atoms with Crippen molar-refractivity contribution in [3.05, 3.63) is 95.6 Å². The van der Waals surface area contributed by atoms with Crippen molar-refractivity contribution in [1.82, 2.24) is 15.1 Å². The van der Waals surface area contributed by atoms with E-state index in [1.807, 2.05) is 78.9 Å². The Morgan fingerprint density at radius 1 is 0.756 bits per heavy atom. The van der Waals surface area contributed by atoms with Crippen LogP contribution >= 0.6 is 0 Å². The van der Waals surface area contributed by atoms with Gasteiger partial charge in [0.2, 0.25) is 5.91 Å². The highest BCUT2D eigenvalue weighted by atomic mass is 16.6. The van der Waals surface area contributed by atoms with E-state index >= 15 is 0 Å². The van der Waals surface area contributed by atoms with Gasteiger partial charge in [-0.1, -0.05) is 54.6 Å². The first-order valence-electron chi connectivity index (χ1n) is 15.0. The Balaban J connectivity index is 1.81. The number of alkyl carbamates (subject to hydrolysis) is 1. The molecule has 3 amide bonds. The molecule has 45 heavy (non-hydrogen) atoms. The van der Waals surface area contributed by atoms with E-state index in [-0.39, 0.29) is 32.1 Å². The Labute approximate surface area is 265 Å². The largest absolute Gasteiger partial charge is 0.497 e. The molecule has 0 saturated heterocycles. The average molecular weight is 620 g/mol. The zero-order valence-electron chi connectivity index (χ0n) is 26.8. The highest BCUT2D eigenvalue weighted by molar-refractivity contribution is 5.85. The van der Waals surface area contributed by atoms with E-state index in [4.69, 9.17) is 14.2 Å². The summed E-state index contributed by atoms with van der Waals surface area (Å²) in [5.74, 6) is 1.05. The summed E-state index contributed by atoms with van der Waals surface area (Å²) in [5.41, 5.74) is 1.86. The number of nitrogens with zero attached hydrogens (tertiary/aromatic N) is 2. The Bertz CT molecular complexity index is 1340. The SMILES string of the molecule is COc1cccc(CN(Cc2cccc(OC)c2)C(=O)C(CCCCN(Cc2ccccc2)C(=O)O)NC(=O)OC(C)(C)C)c1. The fraction of sp³-hybridized carbons (Fsp3) is 0.400. The molecule has 0 fully saturated rings. The smallest absolute Gasteiger partial charge is 0.408 e. The Morgan fingerprint density at radius 3 is 1.80 bits per heavy atom. The maximum atomic E-state index is 14.2. The molecule has 0 bridgehead atoms. The Morgan fingerprint density at radius 2 is 1.29 bits per heavy atom. The third kappa shape index (κ3) is 12.1. The number of carbonyl (C=O) groups is 3. The zero-order chi connectivity index (χ0) is 32.8. The second-order valence-electron chi connectivity index (χ2n) is 11.8. The molecule has 0 aromatic heterocycles. The number of carbonyl (C=O) groups excluding carboxylic acids is 2. The quantitative estimate of drug-likeness (QED) is 0.187. The van der Waals surface area contributed by atoms with E-state index in [1.54, 1.807) is 39.9 Å². The van der Waals surface area contributed by atoms with Gasteiger partial charge < -0.3 is 34.4 Å². The fourth-order valence-electron chi connectivity index (χ4n) is 4.82. The van der Waals surface area contributed by atoms with Crippen LogP contribution in [0.2, 0.25) is 0 Å². The lowest BCUT2D eigenvalue weighted by Crippen LogP contribution is -2.49. The van der Waals surface area contributed by atoms with Gasteiger partial charge in [-0.2, -0.15) is 0 Å². The summed E-state index contributed by atoms with van der Waals surface area (Å²) in [6.45, 7) is 6.36. The van der Waals surface area contributed by atoms with E-state index in [0.717, 1.165) is 16.7 Å². The maximum absolute atomic E-state index is 14.2. The first-order chi connectivity index (χ1) is 21.5. The minimum atomic E-state index is -1.01. The summed E-state index contributed by atoms with van der Waals surface area (Å²) >= 11 is 0. The molecule has 10 heteroatoms. The molecular formula is C35H45N3O7. The molecule has 0 saturated carbocycles. The molecule has 2 N–H and O–H groups in total. The number of nitrogens with one attached hydrogen (secondary N) is 1. The molecule has 1 atom stereocenters. The van der Waals surface area contributed by atoms with Gasteiger partial charge in [-0.25, -0.2) is 9.59 Å². The maximum Gasteiger partial charge on any atom is 0.408 e. The van der Waals surface area contributed by atoms with E-state index in [9.17, 15) is 19.5 Å². The van der Waals surface area contributed by atoms with Gasteiger partial charge in [-0.15, -0.1) is 0 Å². The van der Waals surface area contributed by atoms with Crippen molar-refractivity contribution < 1.29 is 33.7 Å². The monoisotopic (exact) mass is 619 g/mol. The molecule has 0 heterocycles. The molecule has 3 rings (SSSR count). The van der Waals surface area contributed by atoms with E-state index in [0.29, 0.717) is 30.8 Å². The summed E-state index contributed by atoms with van der Waals surface area (Å²) in [6.07, 6.45) is -0.411. The molecule has 3 aromatic rings. The molecule has 1 unspecified atom stereocenters. The van der Waals surface area contributed by atoms with Gasteiger partial charge in [0.05, 0.1) is 14.2 Å². The van der Waals surface area contributed by atoms with Gasteiger partial charge in [-0.3, -0.25) is 4.79 Å². The standard InChI is InChI=1S/C35H45N3O7/c1-35(2,3)45-33(40)36-31(19-9-10-20-37(34(41)42)23-26-13-7-6-8-14-26)32(39)38(24-27-15-11-17-29(21-27)43-4)25-28-16-12-18-30(22-28)44-5/h6-8,11-18,21-22,31H,9-10,19-20,23-25H2,1-5H3,(H,36,40)(H,41,42). The minimum Gasteiger partial charge on any atom is -0.497 e. The molecule has 0 aliphatic carbocycles. The van der Waals surface area contributed by atoms with Crippen LogP contribution in [-0.2, 0) is 29.2 Å². The number of hydrogen-bond acceptors (Lipinski definition) is 6. The van der Waals surface area contributed by atoms with E-state index in [1.165, 1.54) is 4.90 Å². The zero-order valence-corrected chi connectivity index (χ0v) is 26.8. The van der Waals surface area contributed by atoms with Crippen molar-refractivity contribution in [3.8, 4) is 11.5 Å². The molecule has 0 radical (unpaired) electrons. The third-order valence-electron chi connectivity index (χ3n) is 6.97. The summed E-state index contributed by atoms with van der Waals surface area (Å²) in [7, 11) is 3.18. The molecule has 0 aliphatic rings. The highest BCUT2D eigenvalue weighted by Gasteiger charge is 2.28. The second kappa shape index (κ2) is 16.9. The predicted molar refractivity (Wildman–Crippen MR) is 172 cm³/mol. The van der Waals surface area contributed by atoms with Crippen LogP contribution < -0.4 is 14.8 Å². The Kier molecular flexibility index (Phi) is 13.1. The average Bonchev–Trinajstić information content (AvgIpc) is 3.01. The summed E-state index contributed by atoms with van der Waals surface area (Å²) in [6, 6.07) is 23.5. The number of rotatable bonds is 15. The van der Waals surface area contributed by atoms with Crippen molar-refractivity contribution in [2.45, 2.75) is 71.3 Å². The number of carboxylic acid groups (broad SMARTS) is 1. The van der Waals surface area contributed by atoms with Crippen molar-refractivity contribution in [2.24, 2.45) is 0 Å². The molecular weight excluding hydrogens is 574 g/mol. The van der Waals surface area contributed by atoms with Crippen molar-refractivity contribution in [2.75, 3.05) is 20.8 Å². The van der Waals surface area contributed by atoms with E-state index in [2.05, 4.69) is 5.32 Å². The third-order valence-corrected chi connectivity index (χ3v) is 6.97. The first kappa shape index (κ1) is 34.8. The fourth-order valence-corrected chi connectivity index (χ4v) is 4.82. The van der Waals surface area contributed by atoms with E-state index < -0.39 is 23.8 Å². The van der Waals surface area contributed by atoms with Gasteiger partial charge in [0.25, 0.3) is 0 Å². The van der Waals surface area contributed by atoms with Gasteiger partial charge >= 0.3 is 12.2 Å². The Hall–Kier alpha value is -4.73. The van der Waals surface area contributed by atoms with Crippen LogP contribution in [0, 0.1) is 0 Å². The number of ether oxygens (including phenoxy) is 3. The van der Waals surface area contributed by atoms with Gasteiger partial charge in [0, 0.05) is 26.2 Å². The van der Waals surface area contributed by atoms with Crippen LogP contribution in [0.5, 0.6) is 11.5 Å². The van der Waals surface area contributed by atoms with Crippen molar-refractivity contribution >= 4 is 18.1 Å². The molecule has 10 nitrogen and oxygen atoms in total. The number of benzene rings is 3. The van der Waals surface area contributed by atoms with Crippen LogP contribution in [0.4, 0.5) is 9.59 Å². The van der Waals surface area contributed by atoms with Crippen LogP contribution in [0.3, 0.4) is 0 Å².